The summed E-state index contributed by atoms with van der Waals surface area (Å²) in [7, 11) is 0. The van der Waals surface area contributed by atoms with Crippen molar-refractivity contribution in [2.24, 2.45) is 5.16 Å². The summed E-state index contributed by atoms with van der Waals surface area (Å²) in [6.45, 7) is 0. The molecular weight excluding hydrogens is 388 g/mol. The average molecular weight is 392 g/mol. The molecule has 2 nitrogen and oxygen atoms in total. The molecule has 0 aromatic heterocycles. The Morgan fingerprint density at radius 1 is 0.833 bits per heavy atom. The van der Waals surface area contributed by atoms with Crippen molar-refractivity contribution in [2.45, 2.75) is 24.2 Å². The highest BCUT2D eigenvalue weighted by molar-refractivity contribution is 6.69. The minimum atomic E-state index is -6.67. The highest BCUT2D eigenvalue weighted by Gasteiger charge is 2.74. The van der Waals surface area contributed by atoms with Crippen molar-refractivity contribution in [1.82, 2.24) is 0 Å². The van der Waals surface area contributed by atoms with Crippen LogP contribution in [0.1, 0.15) is 16.7 Å². The Balaban J connectivity index is 4.01. The Hall–Kier alpha value is -1.72. The number of benzene rings is 1. The van der Waals surface area contributed by atoms with Gasteiger partial charge in [0, 0.05) is 11.1 Å². The van der Waals surface area contributed by atoms with Crippen LogP contribution >= 0.6 is 11.6 Å². The zero-order valence-electron chi connectivity index (χ0n) is 10.8. The van der Waals surface area contributed by atoms with Crippen molar-refractivity contribution >= 4 is 16.8 Å². The van der Waals surface area contributed by atoms with Gasteiger partial charge in [0.1, 0.15) is 0 Å². The summed E-state index contributed by atoms with van der Waals surface area (Å²) in [6.07, 6.45) is -18.8. The summed E-state index contributed by atoms with van der Waals surface area (Å²) < 4.78 is 129. The molecule has 0 fully saturated rings. The molecule has 136 valence electrons. The third-order valence-electron chi connectivity index (χ3n) is 2.82. The first-order chi connectivity index (χ1) is 10.6. The van der Waals surface area contributed by atoms with Gasteiger partial charge in [0.15, 0.2) is 5.17 Å². The third-order valence-corrected chi connectivity index (χ3v) is 3.08. The smallest absolute Gasteiger partial charge is 0.410 e. The van der Waals surface area contributed by atoms with Crippen LogP contribution in [0.2, 0.25) is 0 Å². The van der Waals surface area contributed by atoms with Gasteiger partial charge in [0.25, 0.3) is 0 Å². The minimum Gasteiger partial charge on any atom is -0.410 e. The highest BCUT2D eigenvalue weighted by Crippen LogP contribution is 2.55. The highest BCUT2D eigenvalue weighted by atomic mass is 35.5. The Bertz CT molecular complexity index is 632. The lowest BCUT2D eigenvalue weighted by molar-refractivity contribution is -0.348. The first kappa shape index (κ1) is 20.3. The van der Waals surface area contributed by atoms with Gasteiger partial charge in [-0.3, -0.25) is 0 Å². The summed E-state index contributed by atoms with van der Waals surface area (Å²) in [5.41, 5.74) is -12.9. The van der Waals surface area contributed by atoms with E-state index in [4.69, 9.17) is 16.8 Å². The minimum absolute atomic E-state index is 0.0551. The molecule has 13 heteroatoms. The molecule has 0 atom stereocenters. The molecule has 1 rings (SSSR count). The van der Waals surface area contributed by atoms with Crippen LogP contribution in [0.4, 0.5) is 43.9 Å². The van der Waals surface area contributed by atoms with Crippen LogP contribution in [0, 0.1) is 0 Å². The fourth-order valence-corrected chi connectivity index (χ4v) is 2.02. The van der Waals surface area contributed by atoms with E-state index in [1.54, 1.807) is 0 Å². The van der Waals surface area contributed by atoms with Crippen LogP contribution in [-0.4, -0.2) is 22.7 Å². The second-order valence-electron chi connectivity index (χ2n) is 4.27. The van der Waals surface area contributed by atoms with Gasteiger partial charge in [-0.05, 0) is 6.07 Å². The maximum Gasteiger partial charge on any atom is 0.435 e. The normalized spacial score (nSPS) is 14.9. The molecule has 0 spiro atoms. The standard InChI is InChI=1S/C11H4ClF10NO/c12-7(23-24)6-4(2-1-3-5(6)9(14,15)16)8(13,10(17,18)19)11(20,21)22/h1-3,24H. The number of oxime groups is 1. The number of alkyl halides is 10. The van der Waals surface area contributed by atoms with Gasteiger partial charge in [0.2, 0.25) is 0 Å². The SMILES string of the molecule is ON=C(Cl)c1c(C(F)(F)F)cccc1C(F)(C(F)(F)F)C(F)(F)F. The quantitative estimate of drug-likeness (QED) is 0.313. The number of hydrogen-bond acceptors (Lipinski definition) is 2. The summed E-state index contributed by atoms with van der Waals surface area (Å²) >= 11 is 5.01. The van der Waals surface area contributed by atoms with Gasteiger partial charge in [0.05, 0.1) is 5.56 Å². The molecule has 0 aliphatic heterocycles. The molecule has 0 heterocycles. The fraction of sp³-hybridized carbons (Fsp3) is 0.364. The maximum atomic E-state index is 14.1. The van der Waals surface area contributed by atoms with Crippen LogP contribution in [-0.2, 0) is 11.8 Å². The maximum absolute atomic E-state index is 14.1. The van der Waals surface area contributed by atoms with Crippen molar-refractivity contribution < 1.29 is 49.1 Å². The van der Waals surface area contributed by atoms with E-state index in [1.165, 1.54) is 0 Å². The van der Waals surface area contributed by atoms with Crippen LogP contribution in [0.15, 0.2) is 23.4 Å². The largest absolute Gasteiger partial charge is 0.435 e. The van der Waals surface area contributed by atoms with E-state index in [-0.39, 0.29) is 18.2 Å². The predicted octanol–water partition coefficient (Wildman–Crippen LogP) is 5.37. The molecule has 1 aromatic rings. The topological polar surface area (TPSA) is 32.6 Å². The van der Waals surface area contributed by atoms with Crippen molar-refractivity contribution in [3.8, 4) is 0 Å². The van der Waals surface area contributed by atoms with Crippen molar-refractivity contribution in [3.05, 3.63) is 34.9 Å². The summed E-state index contributed by atoms with van der Waals surface area (Å²) in [5, 5.41) is 8.53. The van der Waals surface area contributed by atoms with Crippen LogP contribution < -0.4 is 0 Å². The van der Waals surface area contributed by atoms with E-state index in [9.17, 15) is 43.9 Å². The molecule has 0 aliphatic rings. The lowest BCUT2D eigenvalue weighted by atomic mass is 9.87. The van der Waals surface area contributed by atoms with Gasteiger partial charge in [-0.25, -0.2) is 4.39 Å². The van der Waals surface area contributed by atoms with Crippen molar-refractivity contribution in [2.75, 3.05) is 0 Å². The Morgan fingerprint density at radius 3 is 1.58 bits per heavy atom. The molecule has 1 N–H and O–H groups in total. The molecule has 0 aliphatic carbocycles. The van der Waals surface area contributed by atoms with Gasteiger partial charge in [-0.2, -0.15) is 39.5 Å². The predicted molar refractivity (Wildman–Crippen MR) is 60.5 cm³/mol. The zero-order chi connectivity index (χ0) is 19.1. The first-order valence-corrected chi connectivity index (χ1v) is 5.87. The monoisotopic (exact) mass is 391 g/mol. The van der Waals surface area contributed by atoms with Gasteiger partial charge in [-0.1, -0.05) is 28.9 Å². The second kappa shape index (κ2) is 5.97. The molecule has 0 saturated carbocycles. The van der Waals surface area contributed by atoms with Gasteiger partial charge < -0.3 is 5.21 Å². The second-order valence-corrected chi connectivity index (χ2v) is 4.63. The van der Waals surface area contributed by atoms with E-state index >= 15 is 0 Å². The fourth-order valence-electron chi connectivity index (χ4n) is 1.81. The van der Waals surface area contributed by atoms with Crippen LogP contribution in [0.5, 0.6) is 0 Å². The molecule has 0 radical (unpaired) electrons. The molecule has 0 amide bonds. The van der Waals surface area contributed by atoms with E-state index in [0.717, 1.165) is 0 Å². The third kappa shape index (κ3) is 3.23. The van der Waals surface area contributed by atoms with Crippen molar-refractivity contribution in [3.63, 3.8) is 0 Å². The molecular formula is C11H4ClF10NO. The summed E-state index contributed by atoms with van der Waals surface area (Å²) in [4.78, 5) is 0. The molecule has 1 aromatic carbocycles. The average Bonchev–Trinajstić information content (AvgIpc) is 2.41. The van der Waals surface area contributed by atoms with E-state index < -0.39 is 46.1 Å². The molecule has 24 heavy (non-hydrogen) atoms. The molecule has 0 unspecified atom stereocenters. The summed E-state index contributed by atoms with van der Waals surface area (Å²) in [5.74, 6) is 0. The molecule has 0 saturated heterocycles. The van der Waals surface area contributed by atoms with E-state index in [2.05, 4.69) is 0 Å². The number of nitrogens with zero attached hydrogens (tertiary/aromatic N) is 1. The van der Waals surface area contributed by atoms with Gasteiger partial charge >= 0.3 is 24.2 Å². The lowest BCUT2D eigenvalue weighted by Crippen LogP contribution is -2.51. The number of rotatable bonds is 2. The Kier molecular flexibility index (Phi) is 5.06. The molecule has 0 bridgehead atoms. The number of halogens is 11. The lowest BCUT2D eigenvalue weighted by Gasteiger charge is -2.32. The van der Waals surface area contributed by atoms with Crippen LogP contribution in [0.3, 0.4) is 0 Å². The Labute approximate surface area is 131 Å². The summed E-state index contributed by atoms with van der Waals surface area (Å²) in [6, 6.07) is 0.00762. The number of hydrogen-bond donors (Lipinski definition) is 1. The van der Waals surface area contributed by atoms with Gasteiger partial charge in [-0.15, -0.1) is 0 Å². The first-order valence-electron chi connectivity index (χ1n) is 5.50. The van der Waals surface area contributed by atoms with E-state index in [0.29, 0.717) is 0 Å². The van der Waals surface area contributed by atoms with Crippen molar-refractivity contribution in [1.29, 1.82) is 0 Å². The van der Waals surface area contributed by atoms with E-state index in [1.807, 2.05) is 5.16 Å². The Morgan fingerprint density at radius 2 is 1.25 bits per heavy atom. The van der Waals surface area contributed by atoms with Crippen LogP contribution in [0.25, 0.3) is 0 Å². The zero-order valence-corrected chi connectivity index (χ0v) is 11.5.